The quantitative estimate of drug-likeness (QED) is 0.883. The minimum absolute atomic E-state index is 0.0233. The summed E-state index contributed by atoms with van der Waals surface area (Å²) < 4.78 is 1.08. The molecule has 0 radical (unpaired) electrons. The molecule has 1 aliphatic rings. The van der Waals surface area contributed by atoms with E-state index in [1.807, 2.05) is 12.1 Å². The van der Waals surface area contributed by atoms with Crippen molar-refractivity contribution in [3.8, 4) is 0 Å². The van der Waals surface area contributed by atoms with Crippen LogP contribution in [-0.2, 0) is 5.41 Å². The number of halogens is 1. The molecule has 15 heavy (non-hydrogen) atoms. The summed E-state index contributed by atoms with van der Waals surface area (Å²) in [5.41, 5.74) is 7.17. The van der Waals surface area contributed by atoms with Gasteiger partial charge in [-0.1, -0.05) is 28.1 Å². The molecule has 3 heteroatoms. The molecule has 1 aliphatic carbocycles. The fraction of sp³-hybridized carbons (Fsp3) is 0.500. The van der Waals surface area contributed by atoms with Crippen LogP contribution in [0, 0.1) is 5.92 Å². The lowest BCUT2D eigenvalue weighted by Crippen LogP contribution is -2.51. The van der Waals surface area contributed by atoms with Gasteiger partial charge in [0.25, 0.3) is 0 Å². The third-order valence-corrected chi connectivity index (χ3v) is 4.25. The van der Waals surface area contributed by atoms with Crippen molar-refractivity contribution in [1.82, 2.24) is 0 Å². The first kappa shape index (κ1) is 11.1. The summed E-state index contributed by atoms with van der Waals surface area (Å²) in [6.45, 7) is 0.868. The number of rotatable bonds is 3. The first-order chi connectivity index (χ1) is 7.23. The van der Waals surface area contributed by atoms with Gasteiger partial charge in [-0.2, -0.15) is 0 Å². The van der Waals surface area contributed by atoms with Gasteiger partial charge in [-0.25, -0.2) is 0 Å². The molecule has 2 atom stereocenters. The SMILES string of the molecule is NC[C@]1(c2ccc(Br)cc2)CC[C@@H]1CO. The van der Waals surface area contributed by atoms with Crippen molar-refractivity contribution in [2.24, 2.45) is 11.7 Å². The summed E-state index contributed by atoms with van der Waals surface area (Å²) in [5.74, 6) is 0.337. The maximum atomic E-state index is 9.30. The Bertz CT molecular complexity index is 332. The van der Waals surface area contributed by atoms with Crippen molar-refractivity contribution in [2.45, 2.75) is 18.3 Å². The molecule has 0 aliphatic heterocycles. The standard InChI is InChI=1S/C12H16BrNO/c13-11-3-1-9(2-4-11)12(8-14)6-5-10(12)7-15/h1-4,10,15H,5-8,14H2/t10-,12+/m1/s1. The number of hydrogen-bond donors (Lipinski definition) is 2. The molecule has 0 saturated heterocycles. The topological polar surface area (TPSA) is 46.2 Å². The van der Waals surface area contributed by atoms with Crippen molar-refractivity contribution < 1.29 is 5.11 Å². The van der Waals surface area contributed by atoms with Crippen molar-refractivity contribution in [1.29, 1.82) is 0 Å². The van der Waals surface area contributed by atoms with Crippen molar-refractivity contribution >= 4 is 15.9 Å². The molecular formula is C12H16BrNO. The van der Waals surface area contributed by atoms with Gasteiger partial charge in [0.15, 0.2) is 0 Å². The third kappa shape index (κ3) is 1.73. The molecule has 0 spiro atoms. The van der Waals surface area contributed by atoms with E-state index in [9.17, 15) is 5.11 Å². The molecule has 0 unspecified atom stereocenters. The largest absolute Gasteiger partial charge is 0.396 e. The fourth-order valence-electron chi connectivity index (χ4n) is 2.51. The minimum atomic E-state index is 0.0233. The summed E-state index contributed by atoms with van der Waals surface area (Å²) in [4.78, 5) is 0. The number of nitrogens with two attached hydrogens (primary N) is 1. The van der Waals surface area contributed by atoms with Crippen molar-refractivity contribution in [3.63, 3.8) is 0 Å². The molecule has 0 aromatic heterocycles. The van der Waals surface area contributed by atoms with Crippen LogP contribution in [0.2, 0.25) is 0 Å². The van der Waals surface area contributed by atoms with Crippen LogP contribution in [0.3, 0.4) is 0 Å². The lowest BCUT2D eigenvalue weighted by molar-refractivity contribution is 0.0613. The van der Waals surface area contributed by atoms with Gasteiger partial charge in [0.2, 0.25) is 0 Å². The fourth-order valence-corrected chi connectivity index (χ4v) is 2.78. The molecular weight excluding hydrogens is 254 g/mol. The van der Waals surface area contributed by atoms with Crippen LogP contribution in [0.25, 0.3) is 0 Å². The minimum Gasteiger partial charge on any atom is -0.396 e. The summed E-state index contributed by atoms with van der Waals surface area (Å²) in [7, 11) is 0. The molecule has 1 aromatic carbocycles. The van der Waals surface area contributed by atoms with Crippen LogP contribution in [0.5, 0.6) is 0 Å². The Kier molecular flexibility index (Phi) is 3.14. The monoisotopic (exact) mass is 269 g/mol. The van der Waals surface area contributed by atoms with E-state index in [1.165, 1.54) is 5.56 Å². The van der Waals surface area contributed by atoms with E-state index in [1.54, 1.807) is 0 Å². The Morgan fingerprint density at radius 3 is 2.47 bits per heavy atom. The predicted octanol–water partition coefficient (Wildman–Crippen LogP) is 2.05. The highest BCUT2D eigenvalue weighted by molar-refractivity contribution is 9.10. The van der Waals surface area contributed by atoms with Crippen molar-refractivity contribution in [3.05, 3.63) is 34.3 Å². The van der Waals surface area contributed by atoms with E-state index in [0.29, 0.717) is 12.5 Å². The zero-order valence-electron chi connectivity index (χ0n) is 8.62. The van der Waals surface area contributed by atoms with Crippen LogP contribution in [0.1, 0.15) is 18.4 Å². The van der Waals surface area contributed by atoms with Gasteiger partial charge < -0.3 is 10.8 Å². The molecule has 3 N–H and O–H groups in total. The summed E-state index contributed by atoms with van der Waals surface area (Å²) in [6, 6.07) is 8.30. The van der Waals surface area contributed by atoms with Gasteiger partial charge in [-0.3, -0.25) is 0 Å². The van der Waals surface area contributed by atoms with Crippen molar-refractivity contribution in [2.75, 3.05) is 13.2 Å². The summed E-state index contributed by atoms with van der Waals surface area (Å²) in [5, 5.41) is 9.30. The first-order valence-electron chi connectivity index (χ1n) is 5.30. The Hall–Kier alpha value is -0.380. The van der Waals surface area contributed by atoms with Crippen LogP contribution in [0.4, 0.5) is 0 Å². The molecule has 0 heterocycles. The van der Waals surface area contributed by atoms with Crippen LogP contribution < -0.4 is 5.73 Å². The summed E-state index contributed by atoms with van der Waals surface area (Å²) >= 11 is 3.43. The van der Waals surface area contributed by atoms with E-state index in [4.69, 9.17) is 5.73 Å². The maximum Gasteiger partial charge on any atom is 0.0468 e. The maximum absolute atomic E-state index is 9.30. The second kappa shape index (κ2) is 4.24. The average Bonchev–Trinajstić information content (AvgIpc) is 2.21. The molecule has 82 valence electrons. The molecule has 1 saturated carbocycles. The zero-order valence-corrected chi connectivity index (χ0v) is 10.2. The summed E-state index contributed by atoms with van der Waals surface area (Å²) in [6.07, 6.45) is 2.18. The molecule has 0 amide bonds. The van der Waals surface area contributed by atoms with E-state index in [0.717, 1.165) is 17.3 Å². The van der Waals surface area contributed by atoms with E-state index in [2.05, 4.69) is 28.1 Å². The van der Waals surface area contributed by atoms with E-state index >= 15 is 0 Å². The normalized spacial score (nSPS) is 29.9. The van der Waals surface area contributed by atoms with E-state index < -0.39 is 0 Å². The van der Waals surface area contributed by atoms with Gasteiger partial charge in [-0.05, 0) is 36.5 Å². The van der Waals surface area contributed by atoms with Crippen LogP contribution in [0.15, 0.2) is 28.7 Å². The van der Waals surface area contributed by atoms with E-state index in [-0.39, 0.29) is 12.0 Å². The van der Waals surface area contributed by atoms with Gasteiger partial charge >= 0.3 is 0 Å². The second-order valence-electron chi connectivity index (χ2n) is 4.29. The zero-order chi connectivity index (χ0) is 10.9. The molecule has 2 rings (SSSR count). The van der Waals surface area contributed by atoms with Gasteiger partial charge in [0.1, 0.15) is 0 Å². The number of hydrogen-bond acceptors (Lipinski definition) is 2. The van der Waals surface area contributed by atoms with Gasteiger partial charge in [0, 0.05) is 23.0 Å². The lowest BCUT2D eigenvalue weighted by Gasteiger charge is -2.49. The Balaban J connectivity index is 2.30. The van der Waals surface area contributed by atoms with Gasteiger partial charge in [0.05, 0.1) is 0 Å². The number of benzene rings is 1. The highest BCUT2D eigenvalue weighted by Gasteiger charge is 2.46. The predicted molar refractivity (Wildman–Crippen MR) is 64.7 cm³/mol. The lowest BCUT2D eigenvalue weighted by atomic mass is 9.57. The average molecular weight is 270 g/mol. The highest BCUT2D eigenvalue weighted by Crippen LogP contribution is 2.47. The molecule has 1 fully saturated rings. The molecule has 2 nitrogen and oxygen atoms in total. The smallest absolute Gasteiger partial charge is 0.0468 e. The second-order valence-corrected chi connectivity index (χ2v) is 5.20. The Morgan fingerprint density at radius 2 is 2.07 bits per heavy atom. The Morgan fingerprint density at radius 1 is 1.40 bits per heavy atom. The Labute approximate surface area is 98.6 Å². The third-order valence-electron chi connectivity index (χ3n) is 3.72. The van der Waals surface area contributed by atoms with Crippen LogP contribution in [-0.4, -0.2) is 18.3 Å². The number of aliphatic hydroxyl groups excluding tert-OH is 1. The molecule has 0 bridgehead atoms. The highest BCUT2D eigenvalue weighted by atomic mass is 79.9. The first-order valence-corrected chi connectivity index (χ1v) is 6.09. The van der Waals surface area contributed by atoms with Crippen LogP contribution >= 0.6 is 15.9 Å². The number of aliphatic hydroxyl groups is 1. The van der Waals surface area contributed by atoms with Gasteiger partial charge in [-0.15, -0.1) is 0 Å². The molecule has 1 aromatic rings.